The van der Waals surface area contributed by atoms with Gasteiger partial charge in [-0.2, -0.15) is 0 Å². The van der Waals surface area contributed by atoms with Gasteiger partial charge in [0, 0.05) is 95.7 Å². The monoisotopic (exact) mass is 1510 g/mol. The maximum Gasteiger partial charge on any atom is 0.226 e. The van der Waals surface area contributed by atoms with E-state index in [9.17, 15) is 19.2 Å². The van der Waals surface area contributed by atoms with Gasteiger partial charge in [0.25, 0.3) is 0 Å². The van der Waals surface area contributed by atoms with Crippen molar-refractivity contribution < 1.29 is 19.2 Å². The van der Waals surface area contributed by atoms with E-state index in [0.717, 1.165) is 39.3 Å². The van der Waals surface area contributed by atoms with Crippen LogP contribution in [0, 0.1) is 123 Å². The number of amides is 4. The van der Waals surface area contributed by atoms with Crippen LogP contribution in [0.5, 0.6) is 0 Å². The van der Waals surface area contributed by atoms with E-state index in [-0.39, 0.29) is 88.9 Å². The fourth-order valence-corrected chi connectivity index (χ4v) is 6.80. The van der Waals surface area contributed by atoms with E-state index >= 15 is 0 Å². The predicted molar refractivity (Wildman–Crippen MR) is 483 cm³/mol. The van der Waals surface area contributed by atoms with Crippen molar-refractivity contribution in [3.63, 3.8) is 0 Å². The topological polar surface area (TPSA) is 165 Å². The van der Waals surface area contributed by atoms with Gasteiger partial charge in [0.05, 0.1) is 26.2 Å². The first-order valence-corrected chi connectivity index (χ1v) is 40.0. The molecule has 4 amide bonds. The van der Waals surface area contributed by atoms with Gasteiger partial charge >= 0.3 is 0 Å². The van der Waals surface area contributed by atoms with E-state index in [0.29, 0.717) is 60.7 Å². The Labute approximate surface area is 675 Å². The van der Waals surface area contributed by atoms with Crippen molar-refractivity contribution in [2.45, 2.75) is 356 Å². The molecule has 0 aliphatic carbocycles. The van der Waals surface area contributed by atoms with Crippen LogP contribution in [0.1, 0.15) is 345 Å². The summed E-state index contributed by atoms with van der Waals surface area (Å²) >= 11 is 0. The van der Waals surface area contributed by atoms with Gasteiger partial charge in [-0.15, -0.1) is 0 Å². The van der Waals surface area contributed by atoms with Crippen LogP contribution in [0.15, 0.2) is 48.6 Å². The second-order valence-electron chi connectivity index (χ2n) is 45.8. The zero-order valence-corrected chi connectivity index (χ0v) is 80.7. The first-order chi connectivity index (χ1) is 47.3. The SMILES string of the molecule is CC(C)(C)/C=C/CNC(=O)C(C)(C)C.CC(C)(C)/C=C/CNC(=O)CC(C)(C)C.CC(C)(C)/C=C/CNC(C)(C)C.CC(C)(C)/C=C/CNCC(C)(C)C.CC(C)(C)C#CCNC(=O)C(C)(C)C.CC(C)(C)C#CCNC(=O)CC(C)(C)C.CC(C)(C)C#CCNC(C)(C)C.CC(C)(C)C#CCNCC(C)(C)C. The first-order valence-electron chi connectivity index (χ1n) is 40.0. The molecule has 0 aliphatic heterocycles. The van der Waals surface area contributed by atoms with E-state index < -0.39 is 0 Å². The molecule has 0 aliphatic rings. The van der Waals surface area contributed by atoms with Crippen LogP contribution in [0.4, 0.5) is 0 Å². The quantitative estimate of drug-likeness (QED) is 0.0430. The highest BCUT2D eigenvalue weighted by Crippen LogP contribution is 2.22. The van der Waals surface area contributed by atoms with Crippen LogP contribution in [0.3, 0.4) is 0 Å². The zero-order chi connectivity index (χ0) is 87.8. The van der Waals surface area contributed by atoms with Crippen molar-refractivity contribution in [1.82, 2.24) is 42.5 Å². The average molecular weight is 1510 g/mol. The molecule has 632 valence electrons. The molecular weight excluding hydrogens is 1330 g/mol. The van der Waals surface area contributed by atoms with Crippen molar-refractivity contribution in [1.29, 1.82) is 0 Å². The smallest absolute Gasteiger partial charge is 0.226 e. The molecular formula is C96H184N8O4. The molecule has 0 spiro atoms. The Morgan fingerprint density at radius 2 is 0.519 bits per heavy atom. The number of hydrogen-bond acceptors (Lipinski definition) is 8. The lowest BCUT2D eigenvalue weighted by atomic mass is 9.92. The molecule has 0 heterocycles. The molecule has 0 aromatic carbocycles. The predicted octanol–water partition coefficient (Wildman–Crippen LogP) is 22.0. The molecule has 8 N–H and O–H groups in total. The summed E-state index contributed by atoms with van der Waals surface area (Å²) in [6.07, 6.45) is 18.3. The number of allylic oxidation sites excluding steroid dienone is 4. The molecule has 0 unspecified atom stereocenters. The minimum absolute atomic E-state index is 0.00641. The maximum absolute atomic E-state index is 11.4. The molecule has 0 saturated carbocycles. The van der Waals surface area contributed by atoms with Crippen molar-refractivity contribution >= 4 is 23.6 Å². The van der Waals surface area contributed by atoms with E-state index in [4.69, 9.17) is 0 Å². The Kier molecular flexibility index (Phi) is 59.1. The Bertz CT molecular complexity index is 2810. The maximum atomic E-state index is 11.4. The highest BCUT2D eigenvalue weighted by molar-refractivity contribution is 5.82. The third kappa shape index (κ3) is 133. The molecule has 108 heavy (non-hydrogen) atoms. The molecule has 0 saturated heterocycles. The summed E-state index contributed by atoms with van der Waals surface area (Å²) in [4.78, 5) is 45.7. The largest absolute Gasteiger partial charge is 0.353 e. The lowest BCUT2D eigenvalue weighted by molar-refractivity contribution is -0.128. The lowest BCUT2D eigenvalue weighted by Gasteiger charge is -2.19. The highest BCUT2D eigenvalue weighted by Gasteiger charge is 2.22. The fraction of sp³-hybridized carbons (Fsp3) is 0.792. The number of nitrogens with one attached hydrogen (secondary N) is 8. The van der Waals surface area contributed by atoms with Gasteiger partial charge in [-0.25, -0.2) is 0 Å². The summed E-state index contributed by atoms with van der Waals surface area (Å²) in [5.74, 6) is 25.0. The fourth-order valence-electron chi connectivity index (χ4n) is 6.80. The molecule has 0 fully saturated rings. The van der Waals surface area contributed by atoms with Gasteiger partial charge in [0.2, 0.25) is 23.6 Å². The average Bonchev–Trinajstić information content (AvgIpc) is 0.954. The molecule has 0 aromatic rings. The van der Waals surface area contributed by atoms with Gasteiger partial charge in [0.15, 0.2) is 0 Å². The molecule has 12 nitrogen and oxygen atoms in total. The number of carbonyl (C=O) groups excluding carboxylic acids is 4. The summed E-state index contributed by atoms with van der Waals surface area (Å²) in [7, 11) is 0. The molecule has 12 heteroatoms. The van der Waals surface area contributed by atoms with Gasteiger partial charge in [-0.1, -0.05) is 304 Å². The van der Waals surface area contributed by atoms with Gasteiger partial charge in [0.1, 0.15) is 0 Å². The Morgan fingerprint density at radius 3 is 0.806 bits per heavy atom. The summed E-state index contributed by atoms with van der Waals surface area (Å²) in [5.41, 5.74) is 1.88. The van der Waals surface area contributed by atoms with Crippen molar-refractivity contribution in [3.8, 4) is 47.4 Å². The van der Waals surface area contributed by atoms with Crippen molar-refractivity contribution in [2.24, 2.45) is 75.8 Å². The minimum Gasteiger partial charge on any atom is -0.353 e. The van der Waals surface area contributed by atoms with Crippen molar-refractivity contribution in [3.05, 3.63) is 48.6 Å². The van der Waals surface area contributed by atoms with Crippen LogP contribution >= 0.6 is 0 Å². The molecule has 0 bridgehead atoms. The summed E-state index contributed by atoms with van der Waals surface area (Å²) in [5, 5.41) is 24.8. The minimum atomic E-state index is -0.330. The molecule has 0 aromatic heterocycles. The lowest BCUT2D eigenvalue weighted by Crippen LogP contribution is -2.35. The Hall–Kier alpha value is -5.08. The highest BCUT2D eigenvalue weighted by atomic mass is 16.2. The van der Waals surface area contributed by atoms with Crippen LogP contribution in [-0.4, -0.2) is 100 Å². The second kappa shape index (κ2) is 53.8. The van der Waals surface area contributed by atoms with Crippen LogP contribution in [-0.2, 0) is 19.2 Å². The van der Waals surface area contributed by atoms with Gasteiger partial charge < -0.3 is 42.5 Å². The van der Waals surface area contributed by atoms with E-state index in [2.05, 4.69) is 376 Å². The van der Waals surface area contributed by atoms with E-state index in [1.165, 1.54) is 0 Å². The number of rotatable bonds is 16. The normalized spacial score (nSPS) is 12.7. The van der Waals surface area contributed by atoms with E-state index in [1.54, 1.807) is 0 Å². The zero-order valence-electron chi connectivity index (χ0n) is 80.7. The van der Waals surface area contributed by atoms with Gasteiger partial charge in [-0.3, -0.25) is 19.2 Å². The summed E-state index contributed by atoms with van der Waals surface area (Å²) in [6.45, 7) is 109. The van der Waals surface area contributed by atoms with Crippen molar-refractivity contribution in [2.75, 3.05) is 65.4 Å². The molecule has 0 atom stereocenters. The van der Waals surface area contributed by atoms with Crippen LogP contribution < -0.4 is 42.5 Å². The van der Waals surface area contributed by atoms with Crippen LogP contribution in [0.25, 0.3) is 0 Å². The third-order valence-corrected chi connectivity index (χ3v) is 11.8. The first kappa shape index (κ1) is 119. The van der Waals surface area contributed by atoms with Gasteiger partial charge in [-0.05, 0) is 168 Å². The number of hydrogen-bond donors (Lipinski definition) is 8. The van der Waals surface area contributed by atoms with E-state index in [1.807, 2.05) is 95.2 Å². The molecule has 0 rings (SSSR count). The Morgan fingerprint density at radius 1 is 0.259 bits per heavy atom. The number of carbonyl (C=O) groups is 4. The Balaban J connectivity index is -0.000000177. The standard InChI is InChI=1S/C13H25NO.C13H23NO.C12H23NO.C12H21NO.C12H25N.C12H23N.C11H23N.C11H21N/c2*1-12(2,3)8-7-9-14-11(15)10-13(4,5)6;2*1-11(2,3)8-7-9-13-10(14)12(4,5)6;2*1-11(2,3)8-7-9-13-10-12(4,5)6;2*1-10(2,3)8-7-9-12-11(4,5)6/h7-8H,9-10H2,1-6H3,(H,14,15);9-10H2,1-6H3,(H,14,15);7-8H,9H2,1-6H3,(H,13,14);9H2,1-6H3,(H,13,14);7-8,13H,9-10H2,1-6H3;13H,9-10H2,1-6H3;7-8,12H,9H2,1-6H3;12H,9H2,1-6H3/b8-7+;;8-7+;;8-7+;;8-7+;. The molecule has 0 radical (unpaired) electrons. The third-order valence-electron chi connectivity index (χ3n) is 11.8. The van der Waals surface area contributed by atoms with Crippen LogP contribution in [0.2, 0.25) is 0 Å². The second-order valence-corrected chi connectivity index (χ2v) is 45.8. The summed E-state index contributed by atoms with van der Waals surface area (Å²) < 4.78 is 0. The summed E-state index contributed by atoms with van der Waals surface area (Å²) in [6, 6.07) is 0.